The first-order valence-corrected chi connectivity index (χ1v) is 9.77. The van der Waals surface area contributed by atoms with Crippen LogP contribution in [0.25, 0.3) is 0 Å². The van der Waals surface area contributed by atoms with Crippen molar-refractivity contribution in [3.63, 3.8) is 0 Å². The first-order valence-electron chi connectivity index (χ1n) is 6.06. The summed E-state index contributed by atoms with van der Waals surface area (Å²) in [5, 5.41) is 0. The summed E-state index contributed by atoms with van der Waals surface area (Å²) in [6, 6.07) is 1.40. The lowest BCUT2D eigenvalue weighted by atomic mass is 10.1. The maximum atomic E-state index is 3.51. The second-order valence-corrected chi connectivity index (χ2v) is 8.34. The van der Waals surface area contributed by atoms with E-state index >= 15 is 0 Å². The van der Waals surface area contributed by atoms with Crippen molar-refractivity contribution in [2.45, 2.75) is 64.5 Å². The highest BCUT2D eigenvalue weighted by Crippen LogP contribution is 2.09. The van der Waals surface area contributed by atoms with E-state index in [-0.39, 0.29) is 8.96 Å². The summed E-state index contributed by atoms with van der Waals surface area (Å²) in [5.41, 5.74) is 0. The summed E-state index contributed by atoms with van der Waals surface area (Å²) < 4.78 is 6.48. The third-order valence-electron chi connectivity index (χ3n) is 2.49. The van der Waals surface area contributed by atoms with Crippen LogP contribution in [0.1, 0.15) is 51.9 Å². The second-order valence-electron chi connectivity index (χ2n) is 4.03. The van der Waals surface area contributed by atoms with Crippen LogP contribution in [0.3, 0.4) is 0 Å². The third kappa shape index (κ3) is 12.5. The molecule has 0 aliphatic heterocycles. The summed E-state index contributed by atoms with van der Waals surface area (Å²) in [5.74, 6) is 0. The fraction of sp³-hybridized carbons (Fsp3) is 1.00. The van der Waals surface area contributed by atoms with Crippen LogP contribution in [0.15, 0.2) is 0 Å². The molecule has 6 radical (unpaired) electrons. The van der Waals surface area contributed by atoms with Crippen LogP contribution < -0.4 is 9.30 Å². The van der Waals surface area contributed by atoms with E-state index in [4.69, 9.17) is 0 Å². The Morgan fingerprint density at radius 2 is 1.67 bits per heavy atom. The van der Waals surface area contributed by atoms with Gasteiger partial charge < -0.3 is 9.30 Å². The van der Waals surface area contributed by atoms with Gasteiger partial charge in [-0.3, -0.25) is 0 Å². The van der Waals surface area contributed by atoms with Gasteiger partial charge in [-0.2, -0.15) is 0 Å². The molecule has 86 valence electrons. The lowest BCUT2D eigenvalue weighted by molar-refractivity contribution is 0.601. The van der Waals surface area contributed by atoms with Crippen molar-refractivity contribution in [3.8, 4) is 0 Å². The standard InChI is InChI=1S/C10H24N2Si3/c1-3-4-5-6-7-8-9-10-15(2)12-14-11-13/h11-12H,3-10H2,1-2H3. The zero-order chi connectivity index (χ0) is 11.4. The predicted octanol–water partition coefficient (Wildman–Crippen LogP) is 2.16. The minimum absolute atomic E-state index is 0.281. The van der Waals surface area contributed by atoms with Crippen molar-refractivity contribution < 1.29 is 0 Å². The highest BCUT2D eigenvalue weighted by atomic mass is 28.3. The van der Waals surface area contributed by atoms with E-state index in [2.05, 4.69) is 33.2 Å². The molecule has 0 saturated carbocycles. The van der Waals surface area contributed by atoms with Crippen LogP contribution in [0, 0.1) is 0 Å². The molecule has 2 nitrogen and oxygen atoms in total. The minimum Gasteiger partial charge on any atom is -0.352 e. The van der Waals surface area contributed by atoms with Crippen LogP contribution >= 0.6 is 0 Å². The Kier molecular flexibility index (Phi) is 13.1. The van der Waals surface area contributed by atoms with Gasteiger partial charge in [-0.05, 0) is 6.04 Å². The maximum Gasteiger partial charge on any atom is 0.229 e. The Hall–Kier alpha value is 0.571. The number of rotatable bonds is 11. The number of nitrogens with one attached hydrogen (secondary N) is 2. The highest BCUT2D eigenvalue weighted by molar-refractivity contribution is 6.64. The average Bonchev–Trinajstić information content (AvgIpc) is 2.25. The van der Waals surface area contributed by atoms with E-state index in [1.54, 1.807) is 0 Å². The minimum atomic E-state index is -0.281. The van der Waals surface area contributed by atoms with Crippen LogP contribution in [-0.2, 0) is 0 Å². The molecule has 0 aromatic heterocycles. The Bertz CT molecular complexity index is 125. The van der Waals surface area contributed by atoms with E-state index in [1.165, 1.54) is 51.0 Å². The van der Waals surface area contributed by atoms with Gasteiger partial charge in [-0.15, -0.1) is 0 Å². The normalized spacial score (nSPS) is 11.2. The lowest BCUT2D eigenvalue weighted by Gasteiger charge is -2.09. The van der Waals surface area contributed by atoms with E-state index in [0.29, 0.717) is 9.84 Å². The molecule has 0 unspecified atom stereocenters. The largest absolute Gasteiger partial charge is 0.352 e. The van der Waals surface area contributed by atoms with Gasteiger partial charge in [0.25, 0.3) is 0 Å². The molecule has 0 aliphatic carbocycles. The van der Waals surface area contributed by atoms with Crippen LogP contribution in [0.4, 0.5) is 0 Å². The van der Waals surface area contributed by atoms with Crippen molar-refractivity contribution in [3.05, 3.63) is 0 Å². The summed E-state index contributed by atoms with van der Waals surface area (Å²) in [7, 11) is 3.64. The maximum absolute atomic E-state index is 3.51. The predicted molar refractivity (Wildman–Crippen MR) is 72.2 cm³/mol. The number of unbranched alkanes of at least 4 members (excludes halogenated alkanes) is 6. The molecule has 15 heavy (non-hydrogen) atoms. The molecule has 0 aromatic carbocycles. The fourth-order valence-corrected chi connectivity index (χ4v) is 4.49. The zero-order valence-electron chi connectivity index (χ0n) is 10.2. The van der Waals surface area contributed by atoms with Gasteiger partial charge in [0.1, 0.15) is 19.4 Å². The van der Waals surface area contributed by atoms with Crippen molar-refractivity contribution >= 4 is 29.2 Å². The Balaban J connectivity index is 3.02. The lowest BCUT2D eigenvalue weighted by Crippen LogP contribution is -2.40. The number of hydrogen-bond acceptors (Lipinski definition) is 2. The molecule has 2 N–H and O–H groups in total. The van der Waals surface area contributed by atoms with Crippen molar-refractivity contribution in [2.75, 3.05) is 0 Å². The highest BCUT2D eigenvalue weighted by Gasteiger charge is 2.02. The van der Waals surface area contributed by atoms with Gasteiger partial charge in [-0.1, -0.05) is 58.4 Å². The smallest absolute Gasteiger partial charge is 0.229 e. The van der Waals surface area contributed by atoms with E-state index in [0.717, 1.165) is 0 Å². The molecule has 0 aromatic rings. The molecule has 0 spiro atoms. The van der Waals surface area contributed by atoms with Gasteiger partial charge in [0.2, 0.25) is 9.84 Å². The van der Waals surface area contributed by atoms with Gasteiger partial charge in [0.15, 0.2) is 0 Å². The first kappa shape index (κ1) is 15.6. The Morgan fingerprint density at radius 1 is 1.07 bits per heavy atom. The molecule has 0 bridgehead atoms. The molecule has 0 rings (SSSR count). The third-order valence-corrected chi connectivity index (χ3v) is 6.30. The monoisotopic (exact) mass is 256 g/mol. The van der Waals surface area contributed by atoms with Crippen molar-refractivity contribution in [1.29, 1.82) is 0 Å². The Labute approximate surface area is 103 Å². The first-order chi connectivity index (χ1) is 7.31. The molecule has 5 heteroatoms. The quantitative estimate of drug-likeness (QED) is 0.437. The molecule has 0 amide bonds. The van der Waals surface area contributed by atoms with Gasteiger partial charge in [-0.25, -0.2) is 0 Å². The average molecular weight is 257 g/mol. The Morgan fingerprint density at radius 3 is 2.27 bits per heavy atom. The van der Waals surface area contributed by atoms with Gasteiger partial charge >= 0.3 is 0 Å². The molecule has 0 saturated heterocycles. The summed E-state index contributed by atoms with van der Waals surface area (Å²) in [6.45, 7) is 4.63. The van der Waals surface area contributed by atoms with Crippen molar-refractivity contribution in [2.24, 2.45) is 0 Å². The van der Waals surface area contributed by atoms with Crippen LogP contribution in [0.2, 0.25) is 12.6 Å². The van der Waals surface area contributed by atoms with E-state index < -0.39 is 0 Å². The molecule has 0 fully saturated rings. The number of hydrogen-bond donors (Lipinski definition) is 2. The molecule has 0 aliphatic rings. The van der Waals surface area contributed by atoms with E-state index in [1.807, 2.05) is 0 Å². The molecular weight excluding hydrogens is 232 g/mol. The summed E-state index contributed by atoms with van der Waals surface area (Å²) in [6.07, 6.45) is 9.93. The van der Waals surface area contributed by atoms with Gasteiger partial charge in [0, 0.05) is 0 Å². The summed E-state index contributed by atoms with van der Waals surface area (Å²) >= 11 is 0. The molecule has 0 atom stereocenters. The SMILES string of the molecule is CCCCCCCCC[Si](C)N[Si]N[Si]. The molecular formula is C10H24N2Si3. The summed E-state index contributed by atoms with van der Waals surface area (Å²) in [4.78, 5) is 0. The van der Waals surface area contributed by atoms with Crippen LogP contribution in [-0.4, -0.2) is 29.2 Å². The van der Waals surface area contributed by atoms with Gasteiger partial charge in [0.05, 0.1) is 0 Å². The fourth-order valence-electron chi connectivity index (χ4n) is 1.55. The van der Waals surface area contributed by atoms with E-state index in [9.17, 15) is 0 Å². The topological polar surface area (TPSA) is 24.1 Å². The zero-order valence-corrected chi connectivity index (χ0v) is 13.2. The van der Waals surface area contributed by atoms with Crippen LogP contribution in [0.5, 0.6) is 0 Å². The second kappa shape index (κ2) is 12.6. The molecule has 0 heterocycles. The van der Waals surface area contributed by atoms with Crippen molar-refractivity contribution in [1.82, 2.24) is 9.30 Å².